The third-order valence-electron chi connectivity index (χ3n) is 2.81. The van der Waals surface area contributed by atoms with Gasteiger partial charge in [-0.25, -0.2) is 8.42 Å². The van der Waals surface area contributed by atoms with Crippen LogP contribution in [0.3, 0.4) is 0 Å². The van der Waals surface area contributed by atoms with Crippen LogP contribution in [0.2, 0.25) is 5.02 Å². The molecule has 0 fully saturated rings. The van der Waals surface area contributed by atoms with Gasteiger partial charge in [0.2, 0.25) is 11.7 Å². The number of benzene rings is 1. The van der Waals surface area contributed by atoms with Gasteiger partial charge in [0.05, 0.1) is 10.6 Å². The average molecular weight is 357 g/mol. The minimum absolute atomic E-state index is 0.0118. The Morgan fingerprint density at radius 2 is 2.00 bits per heavy atom. The molecule has 0 aliphatic rings. The number of halogens is 1. The van der Waals surface area contributed by atoms with Crippen LogP contribution in [-0.4, -0.2) is 28.1 Å². The zero-order valence-electron chi connectivity index (χ0n) is 11.2. The molecule has 0 radical (unpaired) electrons. The van der Waals surface area contributed by atoms with Gasteiger partial charge in [0, 0.05) is 5.02 Å². The van der Waals surface area contributed by atoms with E-state index in [1.54, 1.807) is 6.92 Å². The van der Waals surface area contributed by atoms with Crippen molar-refractivity contribution < 1.29 is 12.9 Å². The van der Waals surface area contributed by atoms with Crippen molar-refractivity contribution in [2.45, 2.75) is 17.6 Å². The standard InChI is InChI=1S/C12H9ClN4O3S2/c1-7-11(21-17-15-7)12-14-10(20-16-12)6-22(18,19)9-4-2-8(13)3-5-9/h2-5H,6H2,1H3. The molecular weight excluding hydrogens is 348 g/mol. The molecule has 0 atom stereocenters. The maximum Gasteiger partial charge on any atom is 0.242 e. The van der Waals surface area contributed by atoms with Gasteiger partial charge in [-0.3, -0.25) is 0 Å². The zero-order valence-corrected chi connectivity index (χ0v) is 13.6. The van der Waals surface area contributed by atoms with Gasteiger partial charge in [-0.2, -0.15) is 4.98 Å². The van der Waals surface area contributed by atoms with Gasteiger partial charge in [-0.1, -0.05) is 21.2 Å². The van der Waals surface area contributed by atoms with E-state index in [4.69, 9.17) is 16.1 Å². The second-order valence-electron chi connectivity index (χ2n) is 4.41. The third kappa shape index (κ3) is 3.01. The number of sulfone groups is 1. The van der Waals surface area contributed by atoms with Crippen LogP contribution in [0.15, 0.2) is 33.7 Å². The lowest BCUT2D eigenvalue weighted by atomic mass is 10.4. The Balaban J connectivity index is 1.86. The molecule has 7 nitrogen and oxygen atoms in total. The lowest BCUT2D eigenvalue weighted by Gasteiger charge is -2.01. The first-order chi connectivity index (χ1) is 10.5. The molecule has 0 N–H and O–H groups in total. The predicted molar refractivity (Wildman–Crippen MR) is 80.3 cm³/mol. The zero-order chi connectivity index (χ0) is 15.7. The average Bonchev–Trinajstić information content (AvgIpc) is 3.07. The van der Waals surface area contributed by atoms with Gasteiger partial charge in [-0.15, -0.1) is 5.10 Å². The molecule has 0 aliphatic heterocycles. The molecule has 0 bridgehead atoms. The van der Waals surface area contributed by atoms with Crippen LogP contribution in [-0.2, 0) is 15.6 Å². The lowest BCUT2D eigenvalue weighted by Crippen LogP contribution is -2.05. The van der Waals surface area contributed by atoms with Crippen molar-refractivity contribution in [2.75, 3.05) is 0 Å². The molecule has 0 spiro atoms. The number of rotatable bonds is 4. The summed E-state index contributed by atoms with van der Waals surface area (Å²) in [5.41, 5.74) is 0.665. The lowest BCUT2D eigenvalue weighted by molar-refractivity contribution is 0.389. The van der Waals surface area contributed by atoms with Crippen LogP contribution in [0.5, 0.6) is 0 Å². The highest BCUT2D eigenvalue weighted by molar-refractivity contribution is 7.90. The molecule has 2 heterocycles. The number of hydrogen-bond acceptors (Lipinski definition) is 8. The summed E-state index contributed by atoms with van der Waals surface area (Å²) in [7, 11) is -3.58. The van der Waals surface area contributed by atoms with Crippen LogP contribution >= 0.6 is 23.1 Å². The predicted octanol–water partition coefficient (Wildman–Crippen LogP) is 2.52. The monoisotopic (exact) mass is 356 g/mol. The molecule has 0 saturated carbocycles. The van der Waals surface area contributed by atoms with Gasteiger partial charge in [0.15, 0.2) is 9.84 Å². The SMILES string of the molecule is Cc1nnsc1-c1noc(CS(=O)(=O)c2ccc(Cl)cc2)n1. The van der Waals surface area contributed by atoms with E-state index in [1.807, 2.05) is 0 Å². The van der Waals surface area contributed by atoms with Gasteiger partial charge in [0.1, 0.15) is 10.6 Å². The fourth-order valence-electron chi connectivity index (χ4n) is 1.73. The van der Waals surface area contributed by atoms with E-state index in [2.05, 4.69) is 19.7 Å². The van der Waals surface area contributed by atoms with Crippen molar-refractivity contribution in [1.29, 1.82) is 0 Å². The fraction of sp³-hybridized carbons (Fsp3) is 0.167. The second-order valence-corrected chi connectivity index (χ2v) is 7.59. The van der Waals surface area contributed by atoms with Crippen molar-refractivity contribution in [2.24, 2.45) is 0 Å². The van der Waals surface area contributed by atoms with Crippen LogP contribution in [0.4, 0.5) is 0 Å². The largest absolute Gasteiger partial charge is 0.338 e. The smallest absolute Gasteiger partial charge is 0.242 e. The number of hydrogen-bond donors (Lipinski definition) is 0. The van der Waals surface area contributed by atoms with Gasteiger partial charge < -0.3 is 4.52 Å². The maximum absolute atomic E-state index is 12.3. The summed E-state index contributed by atoms with van der Waals surface area (Å²) in [5.74, 6) is -0.0843. The summed E-state index contributed by atoms with van der Waals surface area (Å²) in [4.78, 5) is 4.89. The Hall–Kier alpha value is -1.84. The van der Waals surface area contributed by atoms with Crippen molar-refractivity contribution in [3.05, 3.63) is 40.9 Å². The molecule has 114 valence electrons. The van der Waals surface area contributed by atoms with E-state index in [-0.39, 0.29) is 22.4 Å². The van der Waals surface area contributed by atoms with Crippen LogP contribution < -0.4 is 0 Å². The Labute approximate surface area is 135 Å². The van der Waals surface area contributed by atoms with Crippen molar-refractivity contribution in [3.63, 3.8) is 0 Å². The first kappa shape index (κ1) is 15.1. The normalized spacial score (nSPS) is 11.7. The molecule has 0 unspecified atom stereocenters. The Morgan fingerprint density at radius 1 is 1.27 bits per heavy atom. The summed E-state index contributed by atoms with van der Waals surface area (Å²) in [6, 6.07) is 5.90. The highest BCUT2D eigenvalue weighted by atomic mass is 35.5. The van der Waals surface area contributed by atoms with E-state index in [9.17, 15) is 8.42 Å². The van der Waals surface area contributed by atoms with Gasteiger partial charge in [-0.05, 0) is 42.7 Å². The highest BCUT2D eigenvalue weighted by Gasteiger charge is 2.21. The molecule has 22 heavy (non-hydrogen) atoms. The van der Waals surface area contributed by atoms with Crippen LogP contribution in [0.1, 0.15) is 11.6 Å². The highest BCUT2D eigenvalue weighted by Crippen LogP contribution is 2.24. The molecule has 0 aliphatic carbocycles. The third-order valence-corrected chi connectivity index (χ3v) is 5.50. The molecule has 0 saturated heterocycles. The van der Waals surface area contributed by atoms with E-state index in [0.29, 0.717) is 15.6 Å². The topological polar surface area (TPSA) is 98.8 Å². The molecule has 3 rings (SSSR count). The molecule has 3 aromatic rings. The quantitative estimate of drug-likeness (QED) is 0.708. The minimum Gasteiger partial charge on any atom is -0.338 e. The fourth-order valence-corrected chi connectivity index (χ4v) is 3.60. The van der Waals surface area contributed by atoms with E-state index in [0.717, 1.165) is 11.5 Å². The minimum atomic E-state index is -3.58. The van der Waals surface area contributed by atoms with E-state index in [1.165, 1.54) is 24.3 Å². The molecule has 2 aromatic heterocycles. The number of nitrogens with zero attached hydrogens (tertiary/aromatic N) is 4. The first-order valence-electron chi connectivity index (χ1n) is 6.06. The molecule has 0 amide bonds. The van der Waals surface area contributed by atoms with Crippen LogP contribution in [0, 0.1) is 6.92 Å². The Kier molecular flexibility index (Phi) is 3.94. The van der Waals surface area contributed by atoms with Gasteiger partial charge >= 0.3 is 0 Å². The summed E-state index contributed by atoms with van der Waals surface area (Å²) < 4.78 is 33.4. The first-order valence-corrected chi connectivity index (χ1v) is 8.86. The molecular formula is C12H9ClN4O3S2. The van der Waals surface area contributed by atoms with Crippen LogP contribution in [0.25, 0.3) is 10.7 Å². The summed E-state index contributed by atoms with van der Waals surface area (Å²) in [5, 5.41) is 8.08. The maximum atomic E-state index is 12.3. The van der Waals surface area contributed by atoms with Crippen molar-refractivity contribution in [1.82, 2.24) is 19.7 Å². The Morgan fingerprint density at radius 3 is 2.64 bits per heavy atom. The number of aromatic nitrogens is 4. The summed E-state index contributed by atoms with van der Waals surface area (Å²) in [6.45, 7) is 1.76. The summed E-state index contributed by atoms with van der Waals surface area (Å²) in [6.07, 6.45) is 0. The molecule has 10 heteroatoms. The number of aryl methyl sites for hydroxylation is 1. The van der Waals surface area contributed by atoms with Crippen molar-refractivity contribution in [3.8, 4) is 10.7 Å². The second kappa shape index (κ2) is 5.75. The van der Waals surface area contributed by atoms with E-state index >= 15 is 0 Å². The van der Waals surface area contributed by atoms with Crippen molar-refractivity contribution >= 4 is 33.0 Å². The van der Waals surface area contributed by atoms with E-state index < -0.39 is 9.84 Å². The molecule has 1 aromatic carbocycles. The Bertz CT molecular complexity index is 903. The summed E-state index contributed by atoms with van der Waals surface area (Å²) >= 11 is 6.87. The van der Waals surface area contributed by atoms with Gasteiger partial charge in [0.25, 0.3) is 0 Å².